The van der Waals surface area contributed by atoms with E-state index in [4.69, 9.17) is 18.9 Å². The molecule has 3 aliphatic heterocycles. The third-order valence-corrected chi connectivity index (χ3v) is 8.89. The maximum absolute atomic E-state index is 5.74. The van der Waals surface area contributed by atoms with Crippen LogP contribution in [0.15, 0.2) is 96.8 Å². The first-order chi connectivity index (χ1) is 20.8. The van der Waals surface area contributed by atoms with E-state index in [1.165, 1.54) is 33.9 Å². The van der Waals surface area contributed by atoms with Crippen LogP contribution in [0, 0.1) is 0 Å². The van der Waals surface area contributed by atoms with Crippen molar-refractivity contribution in [2.75, 3.05) is 45.4 Å². The predicted molar refractivity (Wildman–Crippen MR) is 174 cm³/mol. The molecule has 1 fully saturated rings. The van der Waals surface area contributed by atoms with E-state index < -0.39 is 0 Å². The van der Waals surface area contributed by atoms with Gasteiger partial charge in [0.15, 0.2) is 24.8 Å². The van der Waals surface area contributed by atoms with E-state index in [0.29, 0.717) is 13.2 Å². The molecule has 0 amide bonds. The summed E-state index contributed by atoms with van der Waals surface area (Å²) in [7, 11) is 3.31. The molecule has 3 heterocycles. The predicted octanol–water partition coefficient (Wildman–Crippen LogP) is 7.19. The van der Waals surface area contributed by atoms with Gasteiger partial charge in [0.25, 0.3) is 0 Å². The lowest BCUT2D eigenvalue weighted by Gasteiger charge is -2.26. The molecule has 6 heteroatoms. The van der Waals surface area contributed by atoms with Gasteiger partial charge in [0, 0.05) is 55.3 Å². The van der Waals surface area contributed by atoms with Gasteiger partial charge in [-0.3, -0.25) is 0 Å². The lowest BCUT2D eigenvalue weighted by Crippen LogP contribution is -2.28. The summed E-state index contributed by atoms with van der Waals surface area (Å²) in [5.41, 5.74) is 7.64. The maximum Gasteiger partial charge on any atom is 0.209 e. The lowest BCUT2D eigenvalue weighted by atomic mass is 9.81. The molecule has 1 saturated heterocycles. The first-order valence-electron chi connectivity index (χ1n) is 15.4. The molecule has 0 bridgehead atoms. The summed E-state index contributed by atoms with van der Waals surface area (Å²) < 4.78 is 24.5. The zero-order chi connectivity index (χ0) is 30.5. The van der Waals surface area contributed by atoms with Crippen molar-refractivity contribution in [1.82, 2.24) is 0 Å². The van der Waals surface area contributed by atoms with E-state index in [1.807, 2.05) is 6.08 Å². The number of nitrogens with zero attached hydrogens (tertiary/aromatic N) is 2. The van der Waals surface area contributed by atoms with Crippen LogP contribution in [0.5, 0.6) is 0 Å². The van der Waals surface area contributed by atoms with Gasteiger partial charge in [0.2, 0.25) is 5.69 Å². The molecule has 0 saturated carbocycles. The van der Waals surface area contributed by atoms with Gasteiger partial charge < -0.3 is 23.8 Å². The van der Waals surface area contributed by atoms with Crippen LogP contribution < -0.4 is 4.90 Å². The van der Waals surface area contributed by atoms with Crippen LogP contribution in [-0.2, 0) is 29.8 Å². The van der Waals surface area contributed by atoms with Crippen molar-refractivity contribution in [2.24, 2.45) is 0 Å². The van der Waals surface area contributed by atoms with Crippen LogP contribution in [-0.4, -0.2) is 63.4 Å². The highest BCUT2D eigenvalue weighted by molar-refractivity contribution is 6.03. The van der Waals surface area contributed by atoms with E-state index >= 15 is 0 Å². The van der Waals surface area contributed by atoms with E-state index in [0.717, 1.165) is 25.9 Å². The monoisotopic (exact) mass is 583 g/mol. The van der Waals surface area contributed by atoms with Crippen LogP contribution in [0.1, 0.15) is 51.7 Å². The fourth-order valence-electron chi connectivity index (χ4n) is 6.59. The van der Waals surface area contributed by atoms with Crippen LogP contribution in [0.2, 0.25) is 0 Å². The van der Waals surface area contributed by atoms with E-state index in [-0.39, 0.29) is 23.4 Å². The van der Waals surface area contributed by atoms with Crippen molar-refractivity contribution in [3.8, 4) is 0 Å². The highest BCUT2D eigenvalue weighted by Crippen LogP contribution is 2.47. The number of ether oxygens (including phenoxy) is 4. The summed E-state index contributed by atoms with van der Waals surface area (Å²) in [4.78, 5) is 2.45. The summed E-state index contributed by atoms with van der Waals surface area (Å²) in [6.45, 7) is 12.3. The van der Waals surface area contributed by atoms with Crippen molar-refractivity contribution in [1.29, 1.82) is 0 Å². The summed E-state index contributed by atoms with van der Waals surface area (Å²) >= 11 is 0. The fourth-order valence-corrected chi connectivity index (χ4v) is 6.59. The molecular weight excluding hydrogens is 536 g/mol. The molecule has 0 atom stereocenters. The fraction of sp³-hybridized carbons (Fsp3) is 0.432. The maximum atomic E-state index is 5.74. The van der Waals surface area contributed by atoms with Crippen molar-refractivity contribution < 1.29 is 23.5 Å². The molecule has 0 aliphatic carbocycles. The summed E-state index contributed by atoms with van der Waals surface area (Å²) in [5.74, 6) is 0. The molecule has 3 aliphatic rings. The normalized spacial score (nSPS) is 20.6. The second-order valence-electron chi connectivity index (χ2n) is 12.3. The quantitative estimate of drug-likeness (QED) is 0.115. The second-order valence-corrected chi connectivity index (χ2v) is 12.3. The standard InChI is InChI=1S/C37H47N2O4/c1-36(2)28-16-10-12-18-30(28)38(24-15-14-22-34(40-5)41-6)32(36)20-8-7-9-21-33-37(3,4)29-17-11-13-19-31(29)39(33)25-23-35-42-26-27-43-35/h7-14,16-22,34-35H,15,23-27H2,1-6H3/q+1/b22-14+. The van der Waals surface area contributed by atoms with Crippen LogP contribution >= 0.6 is 0 Å². The van der Waals surface area contributed by atoms with Crippen LogP contribution in [0.25, 0.3) is 0 Å². The summed E-state index contributed by atoms with van der Waals surface area (Å²) in [6.07, 6.45) is 16.4. The number of benzene rings is 2. The molecule has 0 unspecified atom stereocenters. The van der Waals surface area contributed by atoms with Crippen LogP contribution in [0.3, 0.4) is 0 Å². The first kappa shape index (κ1) is 31.1. The van der Waals surface area contributed by atoms with Crippen molar-refractivity contribution >= 4 is 17.1 Å². The van der Waals surface area contributed by atoms with Gasteiger partial charge in [-0.05, 0) is 44.1 Å². The largest absolute Gasteiger partial charge is 0.352 e. The highest BCUT2D eigenvalue weighted by Gasteiger charge is 2.44. The first-order valence-corrected chi connectivity index (χ1v) is 15.4. The Labute approximate surface area is 257 Å². The highest BCUT2D eigenvalue weighted by atomic mass is 16.7. The molecule has 0 aromatic heterocycles. The topological polar surface area (TPSA) is 43.2 Å². The summed E-state index contributed by atoms with van der Waals surface area (Å²) in [6, 6.07) is 17.5. The van der Waals surface area contributed by atoms with Crippen LogP contribution in [0.4, 0.5) is 11.4 Å². The Morgan fingerprint density at radius 1 is 0.907 bits per heavy atom. The second kappa shape index (κ2) is 13.6. The van der Waals surface area contributed by atoms with Gasteiger partial charge >= 0.3 is 0 Å². The Morgan fingerprint density at radius 3 is 2.35 bits per heavy atom. The minimum atomic E-state index is -0.317. The number of hydrogen-bond donors (Lipinski definition) is 0. The molecular formula is C37H47N2O4+. The molecule has 2 aromatic carbocycles. The van der Waals surface area contributed by atoms with Crippen molar-refractivity contribution in [3.05, 3.63) is 108 Å². The SMILES string of the molecule is COC(/C=C/CCN1/C(=C/C=C/C=C/C2=[N+](CCC3OCCO3)c3ccccc3C2(C)C)C(C)(C)c2ccccc21)OC. The van der Waals surface area contributed by atoms with Gasteiger partial charge in [-0.1, -0.05) is 74.5 Å². The van der Waals surface area contributed by atoms with E-state index in [1.54, 1.807) is 14.2 Å². The number of anilines is 1. The van der Waals surface area contributed by atoms with E-state index in [9.17, 15) is 0 Å². The Balaban J connectivity index is 1.37. The smallest absolute Gasteiger partial charge is 0.209 e. The molecule has 6 nitrogen and oxygen atoms in total. The average Bonchev–Trinajstić information content (AvgIpc) is 3.66. The number of hydrogen-bond acceptors (Lipinski definition) is 5. The molecule has 2 aromatic rings. The average molecular weight is 584 g/mol. The molecule has 5 rings (SSSR count). The number of fused-ring (bicyclic) bond motifs is 2. The minimum absolute atomic E-state index is 0.0963. The third kappa shape index (κ3) is 6.48. The molecule has 43 heavy (non-hydrogen) atoms. The van der Waals surface area contributed by atoms with Gasteiger partial charge in [0.05, 0.1) is 25.0 Å². The van der Waals surface area contributed by atoms with Crippen molar-refractivity contribution in [3.63, 3.8) is 0 Å². The number of methoxy groups -OCH3 is 2. The Morgan fingerprint density at radius 2 is 1.60 bits per heavy atom. The summed E-state index contributed by atoms with van der Waals surface area (Å²) in [5, 5.41) is 0. The van der Waals surface area contributed by atoms with Crippen molar-refractivity contribution in [2.45, 2.75) is 63.9 Å². The zero-order valence-electron chi connectivity index (χ0n) is 26.6. The van der Waals surface area contributed by atoms with Gasteiger partial charge in [-0.15, -0.1) is 0 Å². The molecule has 0 N–H and O–H groups in total. The molecule has 228 valence electrons. The molecule has 0 radical (unpaired) electrons. The van der Waals surface area contributed by atoms with E-state index in [2.05, 4.69) is 122 Å². The Kier molecular flexibility index (Phi) is 9.82. The Bertz CT molecular complexity index is 1420. The number of rotatable bonds is 12. The van der Waals surface area contributed by atoms with Gasteiger partial charge in [-0.2, -0.15) is 4.58 Å². The zero-order valence-corrected chi connectivity index (χ0v) is 26.6. The minimum Gasteiger partial charge on any atom is -0.352 e. The third-order valence-electron chi connectivity index (χ3n) is 8.89. The lowest BCUT2D eigenvalue weighted by molar-refractivity contribution is -0.442. The number of allylic oxidation sites excluding steroid dienone is 6. The number of para-hydroxylation sites is 2. The Hall–Kier alpha value is -3.29. The molecule has 0 spiro atoms. The van der Waals surface area contributed by atoms with Gasteiger partial charge in [-0.25, -0.2) is 0 Å². The van der Waals surface area contributed by atoms with Gasteiger partial charge in [0.1, 0.15) is 0 Å².